The van der Waals surface area contributed by atoms with Crippen LogP contribution in [-0.4, -0.2) is 4.98 Å². The zero-order valence-electron chi connectivity index (χ0n) is 7.33. The number of hydrogen-bond donors (Lipinski definition) is 2. The van der Waals surface area contributed by atoms with Crippen molar-refractivity contribution in [2.75, 3.05) is 5.43 Å². The maximum Gasteiger partial charge on any atom is 0.0742 e. The Morgan fingerprint density at radius 1 is 1.67 bits per heavy atom. The van der Waals surface area contributed by atoms with Crippen LogP contribution in [0.1, 0.15) is 20.8 Å². The van der Waals surface area contributed by atoms with Gasteiger partial charge >= 0.3 is 0 Å². The summed E-state index contributed by atoms with van der Waals surface area (Å²) >= 11 is 0. The predicted molar refractivity (Wildman–Crippen MR) is 53.5 cm³/mol. The lowest BCUT2D eigenvalue weighted by Crippen LogP contribution is -2.08. The SMILES string of the molecule is CC(C)=Cc1ccncc1NN.[HH]. The Kier molecular flexibility index (Phi) is 2.82. The number of nitrogens with two attached hydrogens (primary N) is 1. The molecule has 1 aromatic rings. The van der Waals surface area contributed by atoms with Gasteiger partial charge in [0.05, 0.1) is 11.9 Å². The van der Waals surface area contributed by atoms with Crippen molar-refractivity contribution in [2.45, 2.75) is 13.8 Å². The van der Waals surface area contributed by atoms with Gasteiger partial charge in [0, 0.05) is 13.2 Å². The highest BCUT2D eigenvalue weighted by Crippen LogP contribution is 2.15. The summed E-state index contributed by atoms with van der Waals surface area (Å²) in [5.74, 6) is 5.31. The second-order valence-electron chi connectivity index (χ2n) is 2.83. The van der Waals surface area contributed by atoms with Crippen LogP contribution in [0.5, 0.6) is 0 Å². The Labute approximate surface area is 73.8 Å². The smallest absolute Gasteiger partial charge is 0.0742 e. The quantitative estimate of drug-likeness (QED) is 0.521. The summed E-state index contributed by atoms with van der Waals surface area (Å²) in [6, 6.07) is 1.92. The van der Waals surface area contributed by atoms with Crippen molar-refractivity contribution in [1.82, 2.24) is 4.98 Å². The predicted octanol–water partition coefficient (Wildman–Crippen LogP) is 2.04. The number of rotatable bonds is 2. The van der Waals surface area contributed by atoms with Gasteiger partial charge in [-0.05, 0) is 19.9 Å². The summed E-state index contributed by atoms with van der Waals surface area (Å²) in [5.41, 5.74) is 5.74. The first-order chi connectivity index (χ1) is 5.74. The molecule has 0 atom stereocenters. The van der Waals surface area contributed by atoms with Gasteiger partial charge in [-0.1, -0.05) is 11.6 Å². The lowest BCUT2D eigenvalue weighted by Gasteiger charge is -2.03. The second kappa shape index (κ2) is 3.88. The van der Waals surface area contributed by atoms with Crippen LogP contribution in [0.25, 0.3) is 6.08 Å². The molecule has 0 amide bonds. The van der Waals surface area contributed by atoms with Crippen LogP contribution in [0.4, 0.5) is 5.69 Å². The Morgan fingerprint density at radius 3 is 3.00 bits per heavy atom. The summed E-state index contributed by atoms with van der Waals surface area (Å²) in [6.45, 7) is 4.08. The van der Waals surface area contributed by atoms with E-state index in [1.54, 1.807) is 12.4 Å². The first-order valence-electron chi connectivity index (χ1n) is 3.79. The number of nitrogens with zero attached hydrogens (tertiary/aromatic N) is 1. The summed E-state index contributed by atoms with van der Waals surface area (Å²) < 4.78 is 0. The van der Waals surface area contributed by atoms with E-state index < -0.39 is 0 Å². The Morgan fingerprint density at radius 2 is 2.42 bits per heavy atom. The van der Waals surface area contributed by atoms with Crippen LogP contribution in [0.15, 0.2) is 24.0 Å². The third kappa shape index (κ3) is 2.07. The van der Waals surface area contributed by atoms with Gasteiger partial charge in [0.2, 0.25) is 0 Å². The molecular formula is C9H15N3. The molecule has 12 heavy (non-hydrogen) atoms. The summed E-state index contributed by atoms with van der Waals surface area (Å²) in [4.78, 5) is 3.95. The van der Waals surface area contributed by atoms with Gasteiger partial charge in [-0.2, -0.15) is 0 Å². The fraction of sp³-hybridized carbons (Fsp3) is 0.222. The number of anilines is 1. The second-order valence-corrected chi connectivity index (χ2v) is 2.83. The van der Waals surface area contributed by atoms with Crippen LogP contribution in [0.2, 0.25) is 0 Å². The molecule has 0 bridgehead atoms. The zero-order valence-corrected chi connectivity index (χ0v) is 7.33. The lowest BCUT2D eigenvalue weighted by molar-refractivity contribution is 1.26. The third-order valence-corrected chi connectivity index (χ3v) is 1.45. The van der Waals surface area contributed by atoms with Crippen molar-refractivity contribution in [3.05, 3.63) is 29.6 Å². The topological polar surface area (TPSA) is 50.9 Å². The molecule has 0 fully saturated rings. The van der Waals surface area contributed by atoms with E-state index >= 15 is 0 Å². The third-order valence-electron chi connectivity index (χ3n) is 1.45. The van der Waals surface area contributed by atoms with Crippen LogP contribution < -0.4 is 11.3 Å². The van der Waals surface area contributed by atoms with Crippen molar-refractivity contribution < 1.29 is 1.43 Å². The van der Waals surface area contributed by atoms with Gasteiger partial charge in [-0.3, -0.25) is 10.8 Å². The van der Waals surface area contributed by atoms with Crippen molar-refractivity contribution in [3.8, 4) is 0 Å². The molecular weight excluding hydrogens is 150 g/mol. The fourth-order valence-corrected chi connectivity index (χ4v) is 0.963. The van der Waals surface area contributed by atoms with Crippen molar-refractivity contribution >= 4 is 11.8 Å². The maximum atomic E-state index is 5.31. The van der Waals surface area contributed by atoms with Gasteiger partial charge in [0.1, 0.15) is 0 Å². The highest BCUT2D eigenvalue weighted by atomic mass is 15.2. The average molecular weight is 165 g/mol. The molecule has 3 heteroatoms. The number of aromatic nitrogens is 1. The fourth-order valence-electron chi connectivity index (χ4n) is 0.963. The molecule has 1 aromatic heterocycles. The maximum absolute atomic E-state index is 5.31. The van der Waals surface area contributed by atoms with Crippen LogP contribution in [0.3, 0.4) is 0 Å². The molecule has 1 rings (SSSR count). The number of nitrogen functional groups attached to an aromatic ring is 1. The Balaban J connectivity index is 0.00000144. The molecule has 0 spiro atoms. The summed E-state index contributed by atoms with van der Waals surface area (Å²) in [6.07, 6.45) is 5.50. The van der Waals surface area contributed by atoms with Crippen LogP contribution >= 0.6 is 0 Å². The van der Waals surface area contributed by atoms with Gasteiger partial charge in [-0.15, -0.1) is 0 Å². The molecule has 0 radical (unpaired) electrons. The molecule has 0 aromatic carbocycles. The Bertz CT molecular complexity index is 293. The largest absolute Gasteiger partial charge is 0.322 e. The normalized spacial score (nSPS) is 9.25. The zero-order chi connectivity index (χ0) is 8.97. The van der Waals surface area contributed by atoms with Crippen molar-refractivity contribution in [3.63, 3.8) is 0 Å². The molecule has 3 N–H and O–H groups in total. The van der Waals surface area contributed by atoms with Crippen LogP contribution in [-0.2, 0) is 0 Å². The minimum atomic E-state index is 0. The van der Waals surface area contributed by atoms with Gasteiger partial charge < -0.3 is 5.43 Å². The van der Waals surface area contributed by atoms with E-state index in [4.69, 9.17) is 5.84 Å². The van der Waals surface area contributed by atoms with Crippen molar-refractivity contribution in [1.29, 1.82) is 0 Å². The van der Waals surface area contributed by atoms with E-state index in [1.807, 2.05) is 19.9 Å². The van der Waals surface area contributed by atoms with Gasteiger partial charge in [0.15, 0.2) is 0 Å². The highest BCUT2D eigenvalue weighted by molar-refractivity contribution is 5.66. The molecule has 66 valence electrons. The highest BCUT2D eigenvalue weighted by Gasteiger charge is 1.95. The van der Waals surface area contributed by atoms with Crippen LogP contribution in [0, 0.1) is 0 Å². The van der Waals surface area contributed by atoms with E-state index in [2.05, 4.69) is 16.5 Å². The number of nitrogens with one attached hydrogen (secondary N) is 1. The molecule has 1 heterocycles. The number of hydrogen-bond acceptors (Lipinski definition) is 3. The number of hydrazine groups is 1. The molecule has 0 saturated carbocycles. The minimum Gasteiger partial charge on any atom is -0.322 e. The standard InChI is InChI=1S/C9H13N3.H2/c1-7(2)5-8-3-4-11-6-9(8)12-10;/h3-6,12H,10H2,1-2H3;1H. The minimum absolute atomic E-state index is 0. The van der Waals surface area contributed by atoms with E-state index in [9.17, 15) is 0 Å². The van der Waals surface area contributed by atoms with E-state index in [0.717, 1.165) is 11.3 Å². The lowest BCUT2D eigenvalue weighted by atomic mass is 10.1. The molecule has 0 aliphatic carbocycles. The molecule has 0 unspecified atom stereocenters. The van der Waals surface area contributed by atoms with Crippen molar-refractivity contribution in [2.24, 2.45) is 5.84 Å². The molecule has 0 aliphatic rings. The number of pyridine rings is 1. The summed E-state index contributed by atoms with van der Waals surface area (Å²) in [5, 5.41) is 0. The van der Waals surface area contributed by atoms with E-state index in [0.29, 0.717) is 0 Å². The first kappa shape index (κ1) is 8.74. The Hall–Kier alpha value is -1.35. The van der Waals surface area contributed by atoms with E-state index in [-0.39, 0.29) is 1.43 Å². The number of allylic oxidation sites excluding steroid dienone is 1. The molecule has 0 aliphatic heterocycles. The van der Waals surface area contributed by atoms with Gasteiger partial charge in [0.25, 0.3) is 0 Å². The molecule has 0 saturated heterocycles. The first-order valence-corrected chi connectivity index (χ1v) is 3.79. The average Bonchev–Trinajstić information content (AvgIpc) is 2.04. The van der Waals surface area contributed by atoms with Gasteiger partial charge in [-0.25, -0.2) is 0 Å². The van der Waals surface area contributed by atoms with E-state index in [1.165, 1.54) is 5.57 Å². The monoisotopic (exact) mass is 165 g/mol. The summed E-state index contributed by atoms with van der Waals surface area (Å²) in [7, 11) is 0. The molecule has 3 nitrogen and oxygen atoms in total.